The molecule has 0 unspecified atom stereocenters. The fourth-order valence-corrected chi connectivity index (χ4v) is 5.38. The van der Waals surface area contributed by atoms with Gasteiger partial charge in [0.15, 0.2) is 0 Å². The van der Waals surface area contributed by atoms with E-state index in [0.717, 1.165) is 35.4 Å². The molecule has 3 aliphatic rings. The highest BCUT2D eigenvalue weighted by atomic mass is 35.5. The number of hydrogen-bond acceptors (Lipinski definition) is 6. The summed E-state index contributed by atoms with van der Waals surface area (Å²) in [6, 6.07) is 13.0. The van der Waals surface area contributed by atoms with Gasteiger partial charge in [0.2, 0.25) is 11.8 Å². The molecule has 2 aromatic carbocycles. The van der Waals surface area contributed by atoms with Gasteiger partial charge in [-0.25, -0.2) is 0 Å². The van der Waals surface area contributed by atoms with Crippen molar-refractivity contribution in [3.05, 3.63) is 58.6 Å². The van der Waals surface area contributed by atoms with Crippen molar-refractivity contribution >= 4 is 29.1 Å². The monoisotopic (exact) mass is 514 g/mol. The standard InChI is InChI=1S/C27H31ClN2O6/c28-18-3-1-16(2-4-18)14-29-25(32)13-20-12-22-21-11-19(30-27(33)17-7-9-34-10-8-17)5-6-23(21)36-26(22)24(15-31)35-20/h1-6,11,17,20,22,24,26,31H,7-10,12-15H2,(H,29,32)(H,30,33)/t20-,22-,24-,26+/m0/s1. The predicted octanol–water partition coefficient (Wildman–Crippen LogP) is 3.41. The summed E-state index contributed by atoms with van der Waals surface area (Å²) < 4.78 is 17.5. The van der Waals surface area contributed by atoms with E-state index in [9.17, 15) is 14.7 Å². The van der Waals surface area contributed by atoms with Gasteiger partial charge < -0.3 is 30.0 Å². The van der Waals surface area contributed by atoms with Gasteiger partial charge in [-0.1, -0.05) is 23.7 Å². The number of halogens is 1. The molecule has 0 aliphatic carbocycles. The summed E-state index contributed by atoms with van der Waals surface area (Å²) >= 11 is 5.92. The van der Waals surface area contributed by atoms with Crippen LogP contribution in [0.5, 0.6) is 5.75 Å². The highest BCUT2D eigenvalue weighted by molar-refractivity contribution is 6.30. The van der Waals surface area contributed by atoms with Crippen molar-refractivity contribution in [2.24, 2.45) is 5.92 Å². The van der Waals surface area contributed by atoms with Gasteiger partial charge in [0, 0.05) is 47.9 Å². The quantitative estimate of drug-likeness (QED) is 0.523. The van der Waals surface area contributed by atoms with Gasteiger partial charge in [-0.15, -0.1) is 0 Å². The first-order valence-electron chi connectivity index (χ1n) is 12.5. The molecule has 0 radical (unpaired) electrons. The number of nitrogens with one attached hydrogen (secondary N) is 2. The van der Waals surface area contributed by atoms with E-state index >= 15 is 0 Å². The Morgan fingerprint density at radius 3 is 2.61 bits per heavy atom. The molecular formula is C27H31ClN2O6. The summed E-state index contributed by atoms with van der Waals surface area (Å²) in [4.78, 5) is 25.3. The Kier molecular flexibility index (Phi) is 7.76. The third kappa shape index (κ3) is 5.67. The van der Waals surface area contributed by atoms with Crippen LogP contribution in [0.3, 0.4) is 0 Å². The topological polar surface area (TPSA) is 106 Å². The number of benzene rings is 2. The molecule has 8 nitrogen and oxygen atoms in total. The van der Waals surface area contributed by atoms with E-state index in [1.807, 2.05) is 30.3 Å². The number of rotatable bonds is 7. The zero-order valence-corrected chi connectivity index (χ0v) is 20.7. The molecule has 3 heterocycles. The lowest BCUT2D eigenvalue weighted by atomic mass is 9.84. The van der Waals surface area contributed by atoms with E-state index in [4.69, 9.17) is 25.8 Å². The maximum Gasteiger partial charge on any atom is 0.227 e. The molecular weight excluding hydrogens is 484 g/mol. The molecule has 0 aromatic heterocycles. The minimum absolute atomic E-state index is 0.00385. The first kappa shape index (κ1) is 25.0. The zero-order chi connectivity index (χ0) is 25.1. The number of anilines is 1. The van der Waals surface area contributed by atoms with Crippen molar-refractivity contribution < 1.29 is 28.9 Å². The Bertz CT molecular complexity index is 1090. The summed E-state index contributed by atoms with van der Waals surface area (Å²) in [7, 11) is 0. The normalized spacial score (nSPS) is 25.4. The number of hydrogen-bond donors (Lipinski definition) is 3. The van der Waals surface area contributed by atoms with Crippen LogP contribution in [0.15, 0.2) is 42.5 Å². The molecule has 36 heavy (non-hydrogen) atoms. The minimum Gasteiger partial charge on any atom is -0.487 e. The maximum absolute atomic E-state index is 12.7. The lowest BCUT2D eigenvalue weighted by molar-refractivity contribution is -0.142. The molecule has 3 aliphatic heterocycles. The number of carbonyl (C=O) groups is 2. The SMILES string of the molecule is O=C(C[C@@H]1C[C@H]2c3cc(NC(=O)C4CCOCC4)ccc3O[C@H]2[C@H](CO)O1)NCc1ccc(Cl)cc1. The van der Waals surface area contributed by atoms with Crippen molar-refractivity contribution in [1.29, 1.82) is 0 Å². The zero-order valence-electron chi connectivity index (χ0n) is 20.0. The van der Waals surface area contributed by atoms with Crippen LogP contribution in [0.1, 0.15) is 42.7 Å². The number of aliphatic hydroxyl groups excluding tert-OH is 1. The second-order valence-corrected chi connectivity index (χ2v) is 10.1. The summed E-state index contributed by atoms with van der Waals surface area (Å²) in [5, 5.41) is 16.6. The van der Waals surface area contributed by atoms with Gasteiger partial charge in [-0.3, -0.25) is 9.59 Å². The smallest absolute Gasteiger partial charge is 0.227 e. The maximum atomic E-state index is 12.7. The lowest BCUT2D eigenvalue weighted by Crippen LogP contribution is -2.47. The number of amides is 2. The molecule has 2 saturated heterocycles. The summed E-state index contributed by atoms with van der Waals surface area (Å²) in [6.45, 7) is 1.42. The lowest BCUT2D eigenvalue weighted by Gasteiger charge is -2.37. The number of fused-ring (bicyclic) bond motifs is 3. The van der Waals surface area contributed by atoms with Gasteiger partial charge >= 0.3 is 0 Å². The highest BCUT2D eigenvalue weighted by Crippen LogP contribution is 2.47. The summed E-state index contributed by atoms with van der Waals surface area (Å²) in [5.41, 5.74) is 2.65. The first-order chi connectivity index (χ1) is 17.5. The Morgan fingerprint density at radius 1 is 1.08 bits per heavy atom. The van der Waals surface area contributed by atoms with E-state index < -0.39 is 6.10 Å². The Balaban J connectivity index is 1.23. The molecule has 2 amide bonds. The third-order valence-electron chi connectivity index (χ3n) is 7.17. The summed E-state index contributed by atoms with van der Waals surface area (Å²) in [5.74, 6) is 0.517. The summed E-state index contributed by atoms with van der Waals surface area (Å²) in [6.07, 6.45) is 0.987. The van der Waals surface area contributed by atoms with E-state index in [-0.39, 0.29) is 48.9 Å². The van der Waals surface area contributed by atoms with E-state index in [1.165, 1.54) is 0 Å². The van der Waals surface area contributed by atoms with Crippen molar-refractivity contribution in [2.45, 2.75) is 56.5 Å². The van der Waals surface area contributed by atoms with Gasteiger partial charge in [0.1, 0.15) is 18.0 Å². The fourth-order valence-electron chi connectivity index (χ4n) is 5.25. The molecule has 5 rings (SSSR count). The molecule has 9 heteroatoms. The van der Waals surface area contributed by atoms with Crippen molar-refractivity contribution in [2.75, 3.05) is 25.1 Å². The van der Waals surface area contributed by atoms with Crippen LogP contribution < -0.4 is 15.4 Å². The van der Waals surface area contributed by atoms with E-state index in [1.54, 1.807) is 12.1 Å². The second-order valence-electron chi connectivity index (χ2n) is 9.64. The molecule has 4 atom stereocenters. The van der Waals surface area contributed by atoms with Crippen LogP contribution in [0, 0.1) is 5.92 Å². The molecule has 3 N–H and O–H groups in total. The second kappa shape index (κ2) is 11.2. The third-order valence-corrected chi connectivity index (χ3v) is 7.43. The van der Waals surface area contributed by atoms with E-state index in [0.29, 0.717) is 31.2 Å². The van der Waals surface area contributed by atoms with Gasteiger partial charge in [0.25, 0.3) is 0 Å². The average Bonchev–Trinajstić information content (AvgIpc) is 3.26. The molecule has 0 saturated carbocycles. The number of aliphatic hydroxyl groups is 1. The fraction of sp³-hybridized carbons (Fsp3) is 0.481. The largest absolute Gasteiger partial charge is 0.487 e. The van der Waals surface area contributed by atoms with Gasteiger partial charge in [-0.2, -0.15) is 0 Å². The van der Waals surface area contributed by atoms with Crippen molar-refractivity contribution in [3.63, 3.8) is 0 Å². The van der Waals surface area contributed by atoms with Crippen LogP contribution >= 0.6 is 11.6 Å². The van der Waals surface area contributed by atoms with Crippen LogP contribution in [-0.4, -0.2) is 55.1 Å². The Morgan fingerprint density at radius 2 is 1.86 bits per heavy atom. The van der Waals surface area contributed by atoms with Crippen molar-refractivity contribution in [1.82, 2.24) is 5.32 Å². The Labute approximate surface area is 215 Å². The van der Waals surface area contributed by atoms with Crippen LogP contribution in [0.25, 0.3) is 0 Å². The van der Waals surface area contributed by atoms with Gasteiger partial charge in [0.05, 0.1) is 19.1 Å². The molecule has 0 bridgehead atoms. The minimum atomic E-state index is -0.537. The van der Waals surface area contributed by atoms with Crippen molar-refractivity contribution in [3.8, 4) is 5.75 Å². The highest BCUT2D eigenvalue weighted by Gasteiger charge is 2.46. The number of ether oxygens (including phenoxy) is 3. The van der Waals surface area contributed by atoms with Crippen LogP contribution in [0.2, 0.25) is 5.02 Å². The van der Waals surface area contributed by atoms with Crippen LogP contribution in [0.4, 0.5) is 5.69 Å². The molecule has 2 fully saturated rings. The Hall–Kier alpha value is -2.65. The van der Waals surface area contributed by atoms with Gasteiger partial charge in [-0.05, 0) is 55.2 Å². The number of carbonyl (C=O) groups excluding carboxylic acids is 2. The first-order valence-corrected chi connectivity index (χ1v) is 12.8. The van der Waals surface area contributed by atoms with Crippen LogP contribution in [-0.2, 0) is 25.6 Å². The molecule has 192 valence electrons. The molecule has 0 spiro atoms. The van der Waals surface area contributed by atoms with E-state index in [2.05, 4.69) is 10.6 Å². The molecule has 2 aromatic rings. The predicted molar refractivity (Wildman–Crippen MR) is 134 cm³/mol. The average molecular weight is 515 g/mol.